The largest absolute Gasteiger partial charge is 0.504 e. The van der Waals surface area contributed by atoms with Crippen molar-refractivity contribution in [1.82, 2.24) is 5.32 Å². The van der Waals surface area contributed by atoms with Gasteiger partial charge in [0.15, 0.2) is 17.8 Å². The Kier molecular flexibility index (Phi) is 7.81. The fourth-order valence-corrected chi connectivity index (χ4v) is 5.59. The summed E-state index contributed by atoms with van der Waals surface area (Å²) in [6.07, 6.45) is -16.0. The number of esters is 1. The standard InChI is InChI=1S/C24H31NO15/c1-6(38-24-20(34)17(31)14(28)9(4-26)39-24)2-10(27)40-22-11-7-3-8-21(37-5-36-8)15(29)12(7)23(35)25-13(11)16(30)18(32)19(22)33/h3,6,9,11,13-14,16-20,22,24,26,28-34H,2,4-5H2,1H3,(H,25,35)/t6-,9-,11-,13-,14-,16+,17+,18+,19-,20-,22-,24-/m1/s1. The lowest BCUT2D eigenvalue weighted by molar-refractivity contribution is -0.310. The third-order valence-electron chi connectivity index (χ3n) is 7.63. The molecule has 0 unspecified atom stereocenters. The van der Waals surface area contributed by atoms with Crippen molar-refractivity contribution in [2.45, 2.75) is 86.5 Å². The lowest BCUT2D eigenvalue weighted by Gasteiger charge is -2.48. The van der Waals surface area contributed by atoms with E-state index in [-0.39, 0.29) is 29.4 Å². The van der Waals surface area contributed by atoms with Crippen molar-refractivity contribution in [1.29, 1.82) is 0 Å². The summed E-state index contributed by atoms with van der Waals surface area (Å²) in [7, 11) is 0. The number of aromatic hydroxyl groups is 1. The molecule has 1 aromatic carbocycles. The molecule has 0 spiro atoms. The van der Waals surface area contributed by atoms with E-state index in [0.29, 0.717) is 0 Å². The first kappa shape index (κ1) is 28.7. The van der Waals surface area contributed by atoms with Crippen LogP contribution in [0.15, 0.2) is 6.07 Å². The fourth-order valence-electron chi connectivity index (χ4n) is 5.59. The summed E-state index contributed by atoms with van der Waals surface area (Å²) in [6.45, 7) is 0.512. The maximum absolute atomic E-state index is 12.9. The zero-order chi connectivity index (χ0) is 29.0. The van der Waals surface area contributed by atoms with Gasteiger partial charge in [-0.3, -0.25) is 9.59 Å². The topological polar surface area (TPSA) is 254 Å². The summed E-state index contributed by atoms with van der Waals surface area (Å²) >= 11 is 0. The summed E-state index contributed by atoms with van der Waals surface area (Å²) in [5, 5.41) is 84.4. The lowest BCUT2D eigenvalue weighted by Crippen LogP contribution is -2.67. The van der Waals surface area contributed by atoms with Crippen molar-refractivity contribution >= 4 is 11.9 Å². The van der Waals surface area contributed by atoms with Gasteiger partial charge in [-0.15, -0.1) is 0 Å². The minimum Gasteiger partial charge on any atom is -0.504 e. The maximum Gasteiger partial charge on any atom is 0.308 e. The Bertz CT molecular complexity index is 1150. The highest BCUT2D eigenvalue weighted by atomic mass is 16.7. The van der Waals surface area contributed by atoms with E-state index in [1.54, 1.807) is 0 Å². The van der Waals surface area contributed by atoms with Crippen molar-refractivity contribution in [2.75, 3.05) is 13.4 Å². The molecule has 40 heavy (non-hydrogen) atoms. The third-order valence-corrected chi connectivity index (χ3v) is 7.63. The van der Waals surface area contributed by atoms with Gasteiger partial charge in [-0.25, -0.2) is 0 Å². The monoisotopic (exact) mass is 573 g/mol. The predicted molar refractivity (Wildman–Crippen MR) is 125 cm³/mol. The molecule has 16 nitrogen and oxygen atoms in total. The van der Waals surface area contributed by atoms with Gasteiger partial charge in [-0.2, -0.15) is 0 Å². The van der Waals surface area contributed by atoms with Crippen LogP contribution in [0.1, 0.15) is 35.2 Å². The third kappa shape index (κ3) is 4.74. The van der Waals surface area contributed by atoms with Gasteiger partial charge in [-0.05, 0) is 18.6 Å². The first-order chi connectivity index (χ1) is 18.9. The highest BCUT2D eigenvalue weighted by molar-refractivity contribution is 6.01. The van der Waals surface area contributed by atoms with Gasteiger partial charge in [0.2, 0.25) is 12.5 Å². The van der Waals surface area contributed by atoms with Gasteiger partial charge in [0.1, 0.15) is 48.8 Å². The highest BCUT2D eigenvalue weighted by Gasteiger charge is 2.56. The molecule has 2 fully saturated rings. The Morgan fingerprint density at radius 1 is 1.05 bits per heavy atom. The van der Waals surface area contributed by atoms with Crippen LogP contribution in [0.5, 0.6) is 17.2 Å². The van der Waals surface area contributed by atoms with Crippen LogP contribution >= 0.6 is 0 Å². The van der Waals surface area contributed by atoms with E-state index in [0.717, 1.165) is 0 Å². The van der Waals surface area contributed by atoms with Crippen molar-refractivity contribution in [3.8, 4) is 17.2 Å². The Morgan fingerprint density at radius 2 is 1.75 bits per heavy atom. The van der Waals surface area contributed by atoms with Crippen molar-refractivity contribution in [3.05, 3.63) is 17.2 Å². The first-order valence-corrected chi connectivity index (χ1v) is 12.6. The van der Waals surface area contributed by atoms with Crippen LogP contribution in [0.4, 0.5) is 0 Å². The number of aliphatic hydroxyl groups is 7. The normalized spacial score (nSPS) is 39.1. The van der Waals surface area contributed by atoms with Crippen LogP contribution in [-0.4, -0.2) is 133 Å². The van der Waals surface area contributed by atoms with Gasteiger partial charge in [0.25, 0.3) is 5.91 Å². The molecule has 0 radical (unpaired) electrons. The van der Waals surface area contributed by atoms with Gasteiger partial charge in [-0.1, -0.05) is 0 Å². The number of phenols is 1. The van der Waals surface area contributed by atoms with Crippen molar-refractivity contribution < 1.29 is 74.1 Å². The summed E-state index contributed by atoms with van der Waals surface area (Å²) in [5.41, 5.74) is -0.148. The smallest absolute Gasteiger partial charge is 0.308 e. The minimum absolute atomic E-state index is 0.0722. The van der Waals surface area contributed by atoms with E-state index < -0.39 is 104 Å². The number of benzene rings is 1. The van der Waals surface area contributed by atoms with Crippen LogP contribution in [0, 0.1) is 0 Å². The number of ether oxygens (including phenoxy) is 5. The molecule has 1 saturated heterocycles. The molecule has 1 saturated carbocycles. The maximum atomic E-state index is 12.9. The van der Waals surface area contributed by atoms with Gasteiger partial charge >= 0.3 is 5.97 Å². The van der Waals surface area contributed by atoms with Gasteiger partial charge < -0.3 is 69.9 Å². The fraction of sp³-hybridized carbons (Fsp3) is 0.667. The molecule has 9 N–H and O–H groups in total. The van der Waals surface area contributed by atoms with Gasteiger partial charge in [0, 0.05) is 5.92 Å². The van der Waals surface area contributed by atoms with E-state index in [1.165, 1.54) is 13.0 Å². The van der Waals surface area contributed by atoms with Crippen molar-refractivity contribution in [2.24, 2.45) is 0 Å². The zero-order valence-corrected chi connectivity index (χ0v) is 21.1. The molecule has 16 heteroatoms. The number of carbonyl (C=O) groups excluding carboxylic acids is 2. The predicted octanol–water partition coefficient (Wildman–Crippen LogP) is -4.08. The average Bonchev–Trinajstić information content (AvgIpc) is 3.39. The van der Waals surface area contributed by atoms with Crippen LogP contribution in [-0.2, 0) is 19.0 Å². The molecule has 1 amide bonds. The molecular formula is C24H31NO15. The van der Waals surface area contributed by atoms with E-state index in [9.17, 15) is 50.4 Å². The molecule has 12 atom stereocenters. The number of amides is 1. The quantitative estimate of drug-likeness (QED) is 0.147. The number of hydrogen-bond donors (Lipinski definition) is 9. The summed E-state index contributed by atoms with van der Waals surface area (Å²) < 4.78 is 26.8. The summed E-state index contributed by atoms with van der Waals surface area (Å²) in [5.74, 6) is -3.40. The van der Waals surface area contributed by atoms with Crippen LogP contribution in [0.2, 0.25) is 0 Å². The Hall–Kier alpha value is -2.80. The average molecular weight is 574 g/mol. The molecule has 222 valence electrons. The molecule has 5 rings (SSSR count). The number of carbonyl (C=O) groups is 2. The summed E-state index contributed by atoms with van der Waals surface area (Å²) in [6, 6.07) is 0.148. The second-order valence-corrected chi connectivity index (χ2v) is 10.2. The Labute approximate surface area is 226 Å². The van der Waals surface area contributed by atoms with Crippen LogP contribution in [0.25, 0.3) is 0 Å². The molecule has 3 heterocycles. The summed E-state index contributed by atoms with van der Waals surface area (Å²) in [4.78, 5) is 25.8. The molecule has 0 bridgehead atoms. The first-order valence-electron chi connectivity index (χ1n) is 12.6. The van der Waals surface area contributed by atoms with E-state index in [4.69, 9.17) is 23.7 Å². The Balaban J connectivity index is 1.35. The van der Waals surface area contributed by atoms with Crippen molar-refractivity contribution in [3.63, 3.8) is 0 Å². The molecule has 1 aliphatic carbocycles. The number of fused-ring (bicyclic) bond motifs is 4. The second-order valence-electron chi connectivity index (χ2n) is 10.2. The molecule has 0 aromatic heterocycles. The molecule has 1 aromatic rings. The molecule has 3 aliphatic heterocycles. The Morgan fingerprint density at radius 3 is 2.45 bits per heavy atom. The van der Waals surface area contributed by atoms with E-state index in [2.05, 4.69) is 5.32 Å². The number of hydrogen-bond acceptors (Lipinski definition) is 15. The van der Waals surface area contributed by atoms with E-state index >= 15 is 0 Å². The van der Waals surface area contributed by atoms with Crippen LogP contribution in [0.3, 0.4) is 0 Å². The SMILES string of the molecule is C[C@H](CC(=O)O[C@H]1[C@H](O)[C@@H](O)[C@@H](O)[C@@H]2NC(=O)c3c(cc4c(c3O)OCO4)[C@H]21)O[C@@H]1O[C@H](CO)[C@@H](O)[C@H](O)[C@H]1O. The zero-order valence-electron chi connectivity index (χ0n) is 21.1. The minimum atomic E-state index is -1.81. The van der Waals surface area contributed by atoms with E-state index in [1.807, 2.05) is 0 Å². The number of rotatable bonds is 6. The van der Waals surface area contributed by atoms with Crippen LogP contribution < -0.4 is 14.8 Å². The number of aliphatic hydroxyl groups excluding tert-OH is 7. The highest BCUT2D eigenvalue weighted by Crippen LogP contribution is 2.50. The molecular weight excluding hydrogens is 542 g/mol. The second kappa shape index (κ2) is 10.9. The number of nitrogens with one attached hydrogen (secondary N) is 1. The number of phenolic OH excluding ortho intramolecular Hbond substituents is 1. The lowest BCUT2D eigenvalue weighted by atomic mass is 9.70. The van der Waals surface area contributed by atoms with Gasteiger partial charge in [0.05, 0.1) is 30.7 Å². The molecule has 4 aliphatic rings.